The first-order valence-corrected chi connectivity index (χ1v) is 6.82. The Morgan fingerprint density at radius 2 is 1.86 bits per heavy atom. The number of carbonyl (C=O) groups excluding carboxylic acids is 1. The molecular weight excluding hydrogens is 266 g/mol. The van der Waals surface area contributed by atoms with E-state index in [4.69, 9.17) is 5.73 Å². The van der Waals surface area contributed by atoms with E-state index in [-0.39, 0.29) is 17.5 Å². The number of nitrogens with two attached hydrogens (primary N) is 1. The van der Waals surface area contributed by atoms with Crippen molar-refractivity contribution in [1.29, 1.82) is 0 Å². The van der Waals surface area contributed by atoms with Crippen LogP contribution in [0.15, 0.2) is 47.3 Å². The number of anilines is 1. The van der Waals surface area contributed by atoms with Crippen LogP contribution in [0.2, 0.25) is 0 Å². The van der Waals surface area contributed by atoms with Gasteiger partial charge in [-0.25, -0.2) is 0 Å². The van der Waals surface area contributed by atoms with Crippen molar-refractivity contribution < 1.29 is 4.79 Å². The van der Waals surface area contributed by atoms with Gasteiger partial charge in [0.1, 0.15) is 5.69 Å². The quantitative estimate of drug-likeness (QED) is 0.843. The lowest BCUT2D eigenvalue weighted by Crippen LogP contribution is -2.37. The fourth-order valence-electron chi connectivity index (χ4n) is 2.04. The Hall–Kier alpha value is -2.56. The molecule has 1 heterocycles. The summed E-state index contributed by atoms with van der Waals surface area (Å²) in [6, 6.07) is 12.0. The lowest BCUT2D eigenvalue weighted by Gasteiger charge is -2.26. The summed E-state index contributed by atoms with van der Waals surface area (Å²) in [5.41, 5.74) is 7.36. The van der Waals surface area contributed by atoms with Gasteiger partial charge < -0.3 is 15.6 Å². The van der Waals surface area contributed by atoms with Crippen LogP contribution in [0, 0.1) is 0 Å². The second-order valence-electron chi connectivity index (χ2n) is 5.20. The summed E-state index contributed by atoms with van der Waals surface area (Å²) in [5.74, 6) is -0.195. The molecule has 0 saturated carbocycles. The van der Waals surface area contributed by atoms with Crippen LogP contribution < -0.4 is 11.3 Å². The molecular formula is C16H19N3O2. The van der Waals surface area contributed by atoms with Gasteiger partial charge in [-0.15, -0.1) is 0 Å². The minimum Gasteiger partial charge on any atom is -0.399 e. The van der Waals surface area contributed by atoms with E-state index in [9.17, 15) is 9.59 Å². The van der Waals surface area contributed by atoms with Gasteiger partial charge in [-0.1, -0.05) is 18.2 Å². The highest BCUT2D eigenvalue weighted by Gasteiger charge is 2.19. The summed E-state index contributed by atoms with van der Waals surface area (Å²) in [7, 11) is 0. The van der Waals surface area contributed by atoms with Crippen LogP contribution >= 0.6 is 0 Å². The van der Waals surface area contributed by atoms with Crippen molar-refractivity contribution in [3.8, 4) is 0 Å². The SMILES string of the molecule is CC(C)N(Cc1ccc(N)cc1)C(=O)c1cccc(=O)[nH]1. The van der Waals surface area contributed by atoms with Crippen molar-refractivity contribution in [2.45, 2.75) is 26.4 Å². The highest BCUT2D eigenvalue weighted by Crippen LogP contribution is 2.13. The normalized spacial score (nSPS) is 10.6. The second kappa shape index (κ2) is 6.26. The first-order chi connectivity index (χ1) is 9.97. The molecule has 3 N–H and O–H groups in total. The summed E-state index contributed by atoms with van der Waals surface area (Å²) in [5, 5.41) is 0. The van der Waals surface area contributed by atoms with Crippen LogP contribution in [0.25, 0.3) is 0 Å². The van der Waals surface area contributed by atoms with Gasteiger partial charge in [0.2, 0.25) is 5.56 Å². The number of nitrogens with zero attached hydrogens (tertiary/aromatic N) is 1. The van der Waals surface area contributed by atoms with E-state index in [2.05, 4.69) is 4.98 Å². The monoisotopic (exact) mass is 285 g/mol. The highest BCUT2D eigenvalue weighted by atomic mass is 16.2. The Labute approximate surface area is 123 Å². The Bertz CT molecular complexity index is 674. The number of nitrogen functional groups attached to an aromatic ring is 1. The minimum atomic E-state index is -0.281. The molecule has 5 heteroatoms. The fourth-order valence-corrected chi connectivity index (χ4v) is 2.04. The maximum atomic E-state index is 12.5. The van der Waals surface area contributed by atoms with E-state index in [0.29, 0.717) is 17.9 Å². The summed E-state index contributed by atoms with van der Waals surface area (Å²) in [6.07, 6.45) is 0. The van der Waals surface area contributed by atoms with E-state index >= 15 is 0 Å². The molecule has 0 aliphatic rings. The van der Waals surface area contributed by atoms with E-state index in [1.807, 2.05) is 38.1 Å². The van der Waals surface area contributed by atoms with Crippen molar-refractivity contribution in [3.05, 3.63) is 64.1 Å². The summed E-state index contributed by atoms with van der Waals surface area (Å²) < 4.78 is 0. The number of aromatic nitrogens is 1. The van der Waals surface area contributed by atoms with Gasteiger partial charge in [0.15, 0.2) is 0 Å². The number of benzene rings is 1. The molecule has 0 unspecified atom stereocenters. The molecule has 1 aromatic heterocycles. The summed E-state index contributed by atoms with van der Waals surface area (Å²) >= 11 is 0. The largest absolute Gasteiger partial charge is 0.399 e. The molecule has 0 saturated heterocycles. The third-order valence-electron chi connectivity index (χ3n) is 3.22. The zero-order chi connectivity index (χ0) is 15.4. The second-order valence-corrected chi connectivity index (χ2v) is 5.20. The number of pyridine rings is 1. The van der Waals surface area contributed by atoms with Crippen LogP contribution in [0.5, 0.6) is 0 Å². The molecule has 110 valence electrons. The number of nitrogens with one attached hydrogen (secondary N) is 1. The molecule has 0 aliphatic carbocycles. The molecule has 5 nitrogen and oxygen atoms in total. The van der Waals surface area contributed by atoms with Gasteiger partial charge in [-0.3, -0.25) is 9.59 Å². The van der Waals surface area contributed by atoms with Crippen LogP contribution in [0.3, 0.4) is 0 Å². The number of amides is 1. The van der Waals surface area contributed by atoms with Gasteiger partial charge in [0.25, 0.3) is 5.91 Å². The third-order valence-corrected chi connectivity index (χ3v) is 3.22. The third kappa shape index (κ3) is 3.72. The van der Waals surface area contributed by atoms with Crippen LogP contribution in [-0.4, -0.2) is 21.8 Å². The molecule has 21 heavy (non-hydrogen) atoms. The summed E-state index contributed by atoms with van der Waals surface area (Å²) in [4.78, 5) is 28.2. The predicted molar refractivity (Wildman–Crippen MR) is 82.9 cm³/mol. The average molecular weight is 285 g/mol. The molecule has 2 aromatic rings. The van der Waals surface area contributed by atoms with E-state index in [1.54, 1.807) is 17.0 Å². The average Bonchev–Trinajstić information content (AvgIpc) is 2.45. The van der Waals surface area contributed by atoms with Crippen LogP contribution in [-0.2, 0) is 6.54 Å². The minimum absolute atomic E-state index is 0.0127. The maximum Gasteiger partial charge on any atom is 0.270 e. The number of rotatable bonds is 4. The van der Waals surface area contributed by atoms with Crippen molar-refractivity contribution in [1.82, 2.24) is 9.88 Å². The number of hydrogen-bond donors (Lipinski definition) is 2. The molecule has 1 amide bonds. The Kier molecular flexibility index (Phi) is 4.42. The van der Waals surface area contributed by atoms with Crippen molar-refractivity contribution >= 4 is 11.6 Å². The van der Waals surface area contributed by atoms with Gasteiger partial charge in [-0.05, 0) is 37.6 Å². The number of aromatic amines is 1. The Morgan fingerprint density at radius 1 is 1.19 bits per heavy atom. The molecule has 0 fully saturated rings. The fraction of sp³-hybridized carbons (Fsp3) is 0.250. The maximum absolute atomic E-state index is 12.5. The molecule has 0 atom stereocenters. The first-order valence-electron chi connectivity index (χ1n) is 6.82. The first kappa shape index (κ1) is 14.8. The van der Waals surface area contributed by atoms with Gasteiger partial charge in [-0.2, -0.15) is 0 Å². The smallest absolute Gasteiger partial charge is 0.270 e. The lowest BCUT2D eigenvalue weighted by atomic mass is 10.1. The van der Waals surface area contributed by atoms with Crippen LogP contribution in [0.1, 0.15) is 29.9 Å². The van der Waals surface area contributed by atoms with Crippen LogP contribution in [0.4, 0.5) is 5.69 Å². The standard InChI is InChI=1S/C16H19N3O2/c1-11(2)19(10-12-6-8-13(17)9-7-12)16(21)14-4-3-5-15(20)18-14/h3-9,11H,10,17H2,1-2H3,(H,18,20). The molecule has 1 aromatic carbocycles. The topological polar surface area (TPSA) is 79.2 Å². The van der Waals surface area contributed by atoms with E-state index < -0.39 is 0 Å². The molecule has 0 bridgehead atoms. The van der Waals surface area contributed by atoms with E-state index in [1.165, 1.54) is 6.07 Å². The molecule has 0 spiro atoms. The van der Waals surface area contributed by atoms with Crippen molar-refractivity contribution in [2.75, 3.05) is 5.73 Å². The predicted octanol–water partition coefficient (Wildman–Crippen LogP) is 2.01. The molecule has 0 aliphatic heterocycles. The molecule has 0 radical (unpaired) electrons. The van der Waals surface area contributed by atoms with Gasteiger partial charge in [0, 0.05) is 24.3 Å². The number of hydrogen-bond acceptors (Lipinski definition) is 3. The Balaban J connectivity index is 2.24. The zero-order valence-electron chi connectivity index (χ0n) is 12.2. The highest BCUT2D eigenvalue weighted by molar-refractivity contribution is 5.92. The Morgan fingerprint density at radius 3 is 2.43 bits per heavy atom. The number of H-pyrrole nitrogens is 1. The van der Waals surface area contributed by atoms with E-state index in [0.717, 1.165) is 5.56 Å². The molecule has 2 rings (SSSR count). The lowest BCUT2D eigenvalue weighted by molar-refractivity contribution is 0.0684. The summed E-state index contributed by atoms with van der Waals surface area (Å²) in [6.45, 7) is 4.35. The van der Waals surface area contributed by atoms with Gasteiger partial charge >= 0.3 is 0 Å². The number of carbonyl (C=O) groups is 1. The van der Waals surface area contributed by atoms with Crippen molar-refractivity contribution in [3.63, 3.8) is 0 Å². The zero-order valence-corrected chi connectivity index (χ0v) is 12.2. The van der Waals surface area contributed by atoms with Gasteiger partial charge in [0.05, 0.1) is 0 Å². The van der Waals surface area contributed by atoms with Crippen molar-refractivity contribution in [2.24, 2.45) is 0 Å².